The fourth-order valence-corrected chi connectivity index (χ4v) is 2.23. The number of hydrogen-bond acceptors (Lipinski definition) is 6. The van der Waals surface area contributed by atoms with Crippen molar-refractivity contribution in [1.82, 2.24) is 9.97 Å². The quantitative estimate of drug-likeness (QED) is 0.415. The Kier molecular flexibility index (Phi) is 5.91. The number of aromatic nitrogens is 2. The SMILES string of the molecule is CNc1ccc2cccnc2n1.O=Cc1ccc(Br)c([N+](=O)[O-])c1. The summed E-state index contributed by atoms with van der Waals surface area (Å²) in [7, 11) is 1.84. The van der Waals surface area contributed by atoms with Crippen molar-refractivity contribution in [2.45, 2.75) is 0 Å². The van der Waals surface area contributed by atoms with Crippen molar-refractivity contribution in [2.75, 3.05) is 12.4 Å². The van der Waals surface area contributed by atoms with E-state index in [9.17, 15) is 14.9 Å². The second-order valence-electron chi connectivity index (χ2n) is 4.58. The maximum Gasteiger partial charge on any atom is 0.284 e. The first kappa shape index (κ1) is 17.5. The molecule has 0 bridgehead atoms. The molecule has 1 N–H and O–H groups in total. The van der Waals surface area contributed by atoms with Crippen LogP contribution in [0, 0.1) is 10.1 Å². The first-order chi connectivity index (χ1) is 11.5. The van der Waals surface area contributed by atoms with E-state index in [2.05, 4.69) is 31.2 Å². The number of benzene rings is 1. The van der Waals surface area contributed by atoms with Crippen molar-refractivity contribution in [3.8, 4) is 0 Å². The molecule has 3 rings (SSSR count). The van der Waals surface area contributed by atoms with Crippen LogP contribution in [0.1, 0.15) is 10.4 Å². The highest BCUT2D eigenvalue weighted by atomic mass is 79.9. The molecule has 2 aromatic heterocycles. The number of nitro benzene ring substituents is 1. The molecule has 0 spiro atoms. The normalized spacial score (nSPS) is 9.75. The number of halogens is 1. The summed E-state index contributed by atoms with van der Waals surface area (Å²) in [5, 5.41) is 14.4. The summed E-state index contributed by atoms with van der Waals surface area (Å²) in [6, 6.07) is 12.0. The maximum absolute atomic E-state index is 10.3. The molecule has 7 nitrogen and oxygen atoms in total. The Balaban J connectivity index is 0.000000174. The van der Waals surface area contributed by atoms with E-state index in [1.807, 2.05) is 31.3 Å². The largest absolute Gasteiger partial charge is 0.373 e. The lowest BCUT2D eigenvalue weighted by Gasteiger charge is -1.99. The van der Waals surface area contributed by atoms with Crippen LogP contribution in [0.3, 0.4) is 0 Å². The van der Waals surface area contributed by atoms with Crippen LogP contribution in [-0.4, -0.2) is 28.2 Å². The van der Waals surface area contributed by atoms with Gasteiger partial charge in [-0.1, -0.05) is 6.07 Å². The first-order valence-corrected chi connectivity index (χ1v) is 7.63. The van der Waals surface area contributed by atoms with Gasteiger partial charge in [0.2, 0.25) is 0 Å². The van der Waals surface area contributed by atoms with Gasteiger partial charge in [-0.3, -0.25) is 14.9 Å². The summed E-state index contributed by atoms with van der Waals surface area (Å²) in [5.74, 6) is 0.848. The third-order valence-electron chi connectivity index (χ3n) is 3.02. The molecule has 0 amide bonds. The van der Waals surface area contributed by atoms with E-state index in [4.69, 9.17) is 0 Å². The topological polar surface area (TPSA) is 98.0 Å². The van der Waals surface area contributed by atoms with E-state index >= 15 is 0 Å². The van der Waals surface area contributed by atoms with Crippen LogP contribution in [0.15, 0.2) is 53.1 Å². The zero-order valence-electron chi connectivity index (χ0n) is 12.6. The number of nitro groups is 1. The second-order valence-corrected chi connectivity index (χ2v) is 5.44. The number of rotatable bonds is 3. The van der Waals surface area contributed by atoms with Gasteiger partial charge >= 0.3 is 0 Å². The molecule has 0 fully saturated rings. The number of nitrogens with one attached hydrogen (secondary N) is 1. The van der Waals surface area contributed by atoms with E-state index < -0.39 is 4.92 Å². The number of carbonyl (C=O) groups excluding carboxylic acids is 1. The summed E-state index contributed by atoms with van der Waals surface area (Å²) in [5.41, 5.74) is 0.980. The van der Waals surface area contributed by atoms with Gasteiger partial charge < -0.3 is 5.32 Å². The van der Waals surface area contributed by atoms with Crippen molar-refractivity contribution < 1.29 is 9.72 Å². The number of pyridine rings is 2. The number of nitrogens with zero attached hydrogens (tertiary/aromatic N) is 3. The van der Waals surface area contributed by atoms with Crippen LogP contribution < -0.4 is 5.32 Å². The predicted octanol–water partition coefficient (Wildman–Crippen LogP) is 3.84. The average Bonchev–Trinajstić information content (AvgIpc) is 2.62. The van der Waals surface area contributed by atoms with Gasteiger partial charge in [-0.15, -0.1) is 0 Å². The van der Waals surface area contributed by atoms with Gasteiger partial charge in [0.1, 0.15) is 12.1 Å². The van der Waals surface area contributed by atoms with Crippen molar-refractivity contribution >= 4 is 44.8 Å². The van der Waals surface area contributed by atoms with Crippen LogP contribution in [0.5, 0.6) is 0 Å². The van der Waals surface area contributed by atoms with Crippen molar-refractivity contribution in [3.05, 3.63) is 68.8 Å². The molecule has 0 aliphatic carbocycles. The summed E-state index contributed by atoms with van der Waals surface area (Å²) in [6.07, 6.45) is 2.31. The van der Waals surface area contributed by atoms with Crippen molar-refractivity contribution in [2.24, 2.45) is 0 Å². The molecule has 0 aliphatic rings. The Labute approximate surface area is 146 Å². The number of anilines is 1. The molecule has 0 atom stereocenters. The number of carbonyl (C=O) groups is 1. The van der Waals surface area contributed by atoms with Crippen LogP contribution in [0.25, 0.3) is 11.0 Å². The third kappa shape index (κ3) is 4.32. The monoisotopic (exact) mass is 388 g/mol. The van der Waals surface area contributed by atoms with E-state index in [1.165, 1.54) is 18.2 Å². The molecular formula is C16H13BrN4O3. The fraction of sp³-hybridized carbons (Fsp3) is 0.0625. The molecule has 3 aromatic rings. The highest BCUT2D eigenvalue weighted by Crippen LogP contribution is 2.24. The molecule has 122 valence electrons. The van der Waals surface area contributed by atoms with Crippen LogP contribution >= 0.6 is 15.9 Å². The molecule has 0 aliphatic heterocycles. The zero-order chi connectivity index (χ0) is 17.5. The Hall–Kier alpha value is -2.87. The Morgan fingerprint density at radius 2 is 2.04 bits per heavy atom. The number of aldehydes is 1. The van der Waals surface area contributed by atoms with Crippen LogP contribution in [0.4, 0.5) is 11.5 Å². The van der Waals surface area contributed by atoms with E-state index in [1.54, 1.807) is 6.20 Å². The summed E-state index contributed by atoms with van der Waals surface area (Å²) >= 11 is 3.00. The van der Waals surface area contributed by atoms with Gasteiger partial charge in [0.15, 0.2) is 5.65 Å². The highest BCUT2D eigenvalue weighted by Gasteiger charge is 2.11. The van der Waals surface area contributed by atoms with E-state index in [0.29, 0.717) is 16.3 Å². The van der Waals surface area contributed by atoms with Crippen LogP contribution in [-0.2, 0) is 0 Å². The Morgan fingerprint density at radius 3 is 2.71 bits per heavy atom. The average molecular weight is 389 g/mol. The standard InChI is InChI=1S/C9H9N3.C7H4BrNO3/c1-10-8-5-4-7-3-2-6-11-9(7)12-8;8-6-2-1-5(4-10)3-7(6)9(11)12/h2-6H,1H3,(H,10,11,12);1-4H. The minimum absolute atomic E-state index is 0.0976. The second kappa shape index (κ2) is 8.11. The first-order valence-electron chi connectivity index (χ1n) is 6.84. The summed E-state index contributed by atoms with van der Waals surface area (Å²) in [4.78, 5) is 28.5. The summed E-state index contributed by atoms with van der Waals surface area (Å²) in [6.45, 7) is 0. The molecule has 2 heterocycles. The molecule has 0 unspecified atom stereocenters. The van der Waals surface area contributed by atoms with Gasteiger partial charge in [-0.25, -0.2) is 9.97 Å². The molecule has 1 aromatic carbocycles. The minimum Gasteiger partial charge on any atom is -0.373 e. The van der Waals surface area contributed by atoms with E-state index in [-0.39, 0.29) is 5.69 Å². The van der Waals surface area contributed by atoms with Crippen LogP contribution in [0.2, 0.25) is 0 Å². The molecule has 0 saturated carbocycles. The fourth-order valence-electron chi connectivity index (χ4n) is 1.84. The zero-order valence-corrected chi connectivity index (χ0v) is 14.2. The van der Waals surface area contributed by atoms with Gasteiger partial charge in [0.25, 0.3) is 5.69 Å². The smallest absolute Gasteiger partial charge is 0.284 e. The number of fused-ring (bicyclic) bond motifs is 1. The molecule has 8 heteroatoms. The van der Waals surface area contributed by atoms with E-state index in [0.717, 1.165) is 16.9 Å². The lowest BCUT2D eigenvalue weighted by molar-refractivity contribution is -0.385. The molecular weight excluding hydrogens is 376 g/mol. The Bertz CT molecular complexity index is 886. The molecule has 0 saturated heterocycles. The van der Waals surface area contributed by atoms with Gasteiger partial charge in [0.05, 0.1) is 9.40 Å². The predicted molar refractivity (Wildman–Crippen MR) is 95.3 cm³/mol. The highest BCUT2D eigenvalue weighted by molar-refractivity contribution is 9.10. The van der Waals surface area contributed by atoms with Crippen molar-refractivity contribution in [1.29, 1.82) is 0 Å². The van der Waals surface area contributed by atoms with Gasteiger partial charge in [-0.05, 0) is 46.3 Å². The minimum atomic E-state index is -0.545. The maximum atomic E-state index is 10.3. The Morgan fingerprint density at radius 1 is 1.25 bits per heavy atom. The third-order valence-corrected chi connectivity index (χ3v) is 3.69. The van der Waals surface area contributed by atoms with Crippen molar-refractivity contribution in [3.63, 3.8) is 0 Å². The lowest BCUT2D eigenvalue weighted by Crippen LogP contribution is -1.92. The lowest BCUT2D eigenvalue weighted by atomic mass is 10.2. The van der Waals surface area contributed by atoms with Gasteiger partial charge in [0, 0.05) is 30.3 Å². The van der Waals surface area contributed by atoms with Gasteiger partial charge in [-0.2, -0.15) is 0 Å². The molecule has 0 radical (unpaired) electrons. The molecule has 24 heavy (non-hydrogen) atoms. The summed E-state index contributed by atoms with van der Waals surface area (Å²) < 4.78 is 0.373. The number of hydrogen-bond donors (Lipinski definition) is 1.